The molecule has 2 bridgehead atoms. The molecule has 0 radical (unpaired) electrons. The first-order chi connectivity index (χ1) is 17.4. The fourth-order valence-electron chi connectivity index (χ4n) is 6.41. The number of imide groups is 1. The summed E-state index contributed by atoms with van der Waals surface area (Å²) in [5.74, 6) is -0.303. The van der Waals surface area contributed by atoms with Gasteiger partial charge in [-0.05, 0) is 67.3 Å². The SMILES string of the molecule is CCOc1ccc(N(CN2C(=O)C3C4C=CC(C5CC45)C3C2=O)C(=O)c2ccccc2[N+](=O)[O-])cc1. The fraction of sp³-hybridized carbons (Fsp3) is 0.370. The number of likely N-dealkylation sites (tertiary alicyclic amines) is 1. The number of carbonyl (C=O) groups is 3. The van der Waals surface area contributed by atoms with E-state index in [1.165, 1.54) is 28.0 Å². The number of rotatable bonds is 7. The molecule has 184 valence electrons. The number of hydrogen-bond donors (Lipinski definition) is 0. The van der Waals surface area contributed by atoms with E-state index in [1.807, 2.05) is 6.92 Å². The molecule has 0 spiro atoms. The smallest absolute Gasteiger partial charge is 0.282 e. The van der Waals surface area contributed by atoms with Gasteiger partial charge in [0.1, 0.15) is 18.0 Å². The van der Waals surface area contributed by atoms with Crippen LogP contribution in [0.15, 0.2) is 60.7 Å². The van der Waals surface area contributed by atoms with Crippen LogP contribution in [0.1, 0.15) is 23.7 Å². The third kappa shape index (κ3) is 3.33. The van der Waals surface area contributed by atoms with Gasteiger partial charge in [-0.15, -0.1) is 0 Å². The summed E-state index contributed by atoms with van der Waals surface area (Å²) < 4.78 is 5.49. The van der Waals surface area contributed by atoms with Crippen LogP contribution >= 0.6 is 0 Å². The Morgan fingerprint density at radius 3 is 2.22 bits per heavy atom. The average Bonchev–Trinajstić information content (AvgIpc) is 3.67. The van der Waals surface area contributed by atoms with Gasteiger partial charge in [0.25, 0.3) is 11.6 Å². The van der Waals surface area contributed by atoms with Crippen molar-refractivity contribution in [2.24, 2.45) is 35.5 Å². The lowest BCUT2D eigenvalue weighted by atomic mass is 9.63. The predicted molar refractivity (Wildman–Crippen MR) is 129 cm³/mol. The summed E-state index contributed by atoms with van der Waals surface area (Å²) in [6.45, 7) is 2.02. The normalized spacial score (nSPS) is 29.1. The highest BCUT2D eigenvalue weighted by atomic mass is 16.6. The van der Waals surface area contributed by atoms with Gasteiger partial charge >= 0.3 is 0 Å². The summed E-state index contributed by atoms with van der Waals surface area (Å²) in [5.41, 5.74) is -0.0505. The Kier molecular flexibility index (Phi) is 5.17. The van der Waals surface area contributed by atoms with Gasteiger partial charge in [0.2, 0.25) is 11.8 Å². The topological polar surface area (TPSA) is 110 Å². The number of allylic oxidation sites excluding steroid dienone is 2. The maximum Gasteiger partial charge on any atom is 0.282 e. The molecule has 2 saturated carbocycles. The van der Waals surface area contributed by atoms with Gasteiger partial charge in [-0.2, -0.15) is 0 Å². The van der Waals surface area contributed by atoms with E-state index in [4.69, 9.17) is 4.74 Å². The van der Waals surface area contributed by atoms with E-state index in [1.54, 1.807) is 30.3 Å². The van der Waals surface area contributed by atoms with Crippen molar-refractivity contribution in [3.8, 4) is 5.75 Å². The molecule has 9 nitrogen and oxygen atoms in total. The van der Waals surface area contributed by atoms with Crippen LogP contribution in [-0.4, -0.2) is 40.8 Å². The number of benzene rings is 2. The van der Waals surface area contributed by atoms with E-state index in [-0.39, 0.29) is 53.4 Å². The number of nitro benzene ring substituents is 1. The molecule has 0 aromatic heterocycles. The van der Waals surface area contributed by atoms with E-state index in [9.17, 15) is 24.5 Å². The van der Waals surface area contributed by atoms with Crippen LogP contribution < -0.4 is 9.64 Å². The summed E-state index contributed by atoms with van der Waals surface area (Å²) in [6.07, 6.45) is 5.25. The second-order valence-electron chi connectivity index (χ2n) is 9.83. The number of nitrogens with zero attached hydrogens (tertiary/aromatic N) is 3. The third-order valence-electron chi connectivity index (χ3n) is 8.07. The minimum Gasteiger partial charge on any atom is -0.494 e. The summed E-state index contributed by atoms with van der Waals surface area (Å²) in [5, 5.41) is 11.6. The van der Waals surface area contributed by atoms with Crippen molar-refractivity contribution >= 4 is 29.1 Å². The largest absolute Gasteiger partial charge is 0.494 e. The van der Waals surface area contributed by atoms with E-state index in [0.29, 0.717) is 29.9 Å². The van der Waals surface area contributed by atoms with Crippen molar-refractivity contribution < 1.29 is 24.0 Å². The number of anilines is 1. The molecule has 1 aliphatic heterocycles. The predicted octanol–water partition coefficient (Wildman–Crippen LogP) is 3.65. The zero-order chi connectivity index (χ0) is 25.1. The van der Waals surface area contributed by atoms with E-state index in [2.05, 4.69) is 12.2 Å². The highest BCUT2D eigenvalue weighted by molar-refractivity contribution is 6.11. The van der Waals surface area contributed by atoms with Crippen molar-refractivity contribution in [2.75, 3.05) is 18.2 Å². The molecule has 2 aromatic rings. The standard InChI is InChI=1S/C27H25N3O6/c1-2-36-16-9-7-15(8-10-16)28(25(31)19-5-3-4-6-22(19)30(34)35)14-29-26(32)23-17-11-12-18(21-13-20(17)21)24(23)27(29)33/h3-12,17-18,20-21,23-24H,2,13-14H2,1H3. The summed E-state index contributed by atoms with van der Waals surface area (Å²) >= 11 is 0. The second kappa shape index (κ2) is 8.29. The number of para-hydroxylation sites is 1. The molecule has 4 aliphatic carbocycles. The maximum absolute atomic E-state index is 13.7. The van der Waals surface area contributed by atoms with Crippen LogP contribution in [0.3, 0.4) is 0 Å². The van der Waals surface area contributed by atoms with Gasteiger partial charge in [0.05, 0.1) is 23.4 Å². The molecule has 1 saturated heterocycles. The molecule has 5 aliphatic rings. The molecule has 9 heteroatoms. The number of nitro groups is 1. The van der Waals surface area contributed by atoms with Crippen molar-refractivity contribution in [2.45, 2.75) is 13.3 Å². The Balaban J connectivity index is 1.35. The average molecular weight is 488 g/mol. The highest BCUT2D eigenvalue weighted by Gasteiger charge is 2.67. The lowest BCUT2D eigenvalue weighted by Crippen LogP contribution is -2.45. The number of ether oxygens (including phenoxy) is 1. The lowest BCUT2D eigenvalue weighted by molar-refractivity contribution is -0.385. The second-order valence-corrected chi connectivity index (χ2v) is 9.83. The van der Waals surface area contributed by atoms with Gasteiger partial charge in [-0.1, -0.05) is 24.3 Å². The molecule has 7 rings (SSSR count). The van der Waals surface area contributed by atoms with Crippen molar-refractivity contribution in [3.63, 3.8) is 0 Å². The van der Waals surface area contributed by atoms with Crippen LogP contribution in [0.25, 0.3) is 0 Å². The third-order valence-corrected chi connectivity index (χ3v) is 8.07. The van der Waals surface area contributed by atoms with Gasteiger partial charge in [0.15, 0.2) is 0 Å². The van der Waals surface area contributed by atoms with E-state index in [0.717, 1.165) is 6.42 Å². The monoisotopic (exact) mass is 487 g/mol. The summed E-state index contributed by atoms with van der Waals surface area (Å²) in [4.78, 5) is 54.3. The number of carbonyl (C=O) groups excluding carboxylic acids is 3. The Bertz CT molecular complexity index is 1270. The summed E-state index contributed by atoms with van der Waals surface area (Å²) in [6, 6.07) is 12.3. The first-order valence-electron chi connectivity index (χ1n) is 12.2. The van der Waals surface area contributed by atoms with Crippen LogP contribution in [0.5, 0.6) is 5.75 Å². The molecule has 6 atom stereocenters. The quantitative estimate of drug-likeness (QED) is 0.255. The number of amides is 3. The molecule has 0 N–H and O–H groups in total. The van der Waals surface area contributed by atoms with Gasteiger partial charge < -0.3 is 4.74 Å². The van der Waals surface area contributed by atoms with Crippen molar-refractivity contribution in [1.82, 2.24) is 4.90 Å². The lowest BCUT2D eigenvalue weighted by Gasteiger charge is -2.37. The Hall–Kier alpha value is -4.01. The molecule has 1 heterocycles. The Morgan fingerprint density at radius 2 is 1.64 bits per heavy atom. The van der Waals surface area contributed by atoms with Gasteiger partial charge in [-0.3, -0.25) is 34.3 Å². The first kappa shape index (κ1) is 22.5. The summed E-state index contributed by atoms with van der Waals surface area (Å²) in [7, 11) is 0. The highest BCUT2D eigenvalue weighted by Crippen LogP contribution is 2.65. The van der Waals surface area contributed by atoms with Crippen molar-refractivity contribution in [1.29, 1.82) is 0 Å². The van der Waals surface area contributed by atoms with E-state index < -0.39 is 10.8 Å². The zero-order valence-electron chi connectivity index (χ0n) is 19.7. The molecule has 36 heavy (non-hydrogen) atoms. The molecular weight excluding hydrogens is 462 g/mol. The molecular formula is C27H25N3O6. The van der Waals surface area contributed by atoms with Crippen LogP contribution in [0.2, 0.25) is 0 Å². The van der Waals surface area contributed by atoms with Crippen LogP contribution in [0, 0.1) is 45.6 Å². The van der Waals surface area contributed by atoms with Gasteiger partial charge in [-0.25, -0.2) is 0 Å². The van der Waals surface area contributed by atoms with Gasteiger partial charge in [0, 0.05) is 11.8 Å². The Labute approximate surface area is 207 Å². The van der Waals surface area contributed by atoms with E-state index >= 15 is 0 Å². The zero-order valence-corrected chi connectivity index (χ0v) is 19.7. The van der Waals surface area contributed by atoms with Crippen molar-refractivity contribution in [3.05, 3.63) is 76.4 Å². The van der Waals surface area contributed by atoms with Crippen LogP contribution in [0.4, 0.5) is 11.4 Å². The fourth-order valence-corrected chi connectivity index (χ4v) is 6.41. The molecule has 6 unspecified atom stereocenters. The van der Waals surface area contributed by atoms with Crippen LogP contribution in [-0.2, 0) is 9.59 Å². The number of hydrogen-bond acceptors (Lipinski definition) is 6. The minimum absolute atomic E-state index is 0.0660. The Morgan fingerprint density at radius 1 is 1.03 bits per heavy atom. The maximum atomic E-state index is 13.7. The molecule has 2 aromatic carbocycles. The molecule has 3 amide bonds. The first-order valence-corrected chi connectivity index (χ1v) is 12.2. The minimum atomic E-state index is -0.661. The molecule has 3 fully saturated rings.